The van der Waals surface area contributed by atoms with E-state index in [0.717, 1.165) is 18.4 Å². The Labute approximate surface area is 81.8 Å². The maximum absolute atomic E-state index is 9.65. The molecule has 1 aromatic carbocycles. The van der Waals surface area contributed by atoms with Gasteiger partial charge in [-0.05, 0) is 30.5 Å². The van der Waals surface area contributed by atoms with Crippen LogP contribution in [0.4, 0.5) is 0 Å². The molecule has 0 amide bonds. The van der Waals surface area contributed by atoms with Crippen molar-refractivity contribution in [2.45, 2.75) is 24.9 Å². The standard InChI is InChI=1S/C10H11ClO2/c11-9-5-8(12)2-1-7(9)6-10(13)3-4-10/h1-2,5,12-13H,3-4,6H2. The lowest BCUT2D eigenvalue weighted by atomic mass is 10.1. The van der Waals surface area contributed by atoms with Gasteiger partial charge in [-0.2, -0.15) is 0 Å². The predicted molar refractivity (Wildman–Crippen MR) is 51.0 cm³/mol. The van der Waals surface area contributed by atoms with Crippen LogP contribution in [0, 0.1) is 0 Å². The molecule has 1 saturated carbocycles. The van der Waals surface area contributed by atoms with E-state index >= 15 is 0 Å². The molecule has 0 bridgehead atoms. The van der Waals surface area contributed by atoms with Crippen molar-refractivity contribution in [3.63, 3.8) is 0 Å². The number of rotatable bonds is 2. The molecule has 1 aliphatic rings. The zero-order valence-corrected chi connectivity index (χ0v) is 7.88. The van der Waals surface area contributed by atoms with Crippen molar-refractivity contribution < 1.29 is 10.2 Å². The van der Waals surface area contributed by atoms with Crippen molar-refractivity contribution in [2.75, 3.05) is 0 Å². The molecule has 0 aliphatic heterocycles. The van der Waals surface area contributed by atoms with E-state index in [1.54, 1.807) is 12.1 Å². The lowest BCUT2D eigenvalue weighted by Crippen LogP contribution is -2.10. The van der Waals surface area contributed by atoms with E-state index in [1.807, 2.05) is 0 Å². The number of halogens is 1. The number of hydrogen-bond donors (Lipinski definition) is 2. The molecule has 0 atom stereocenters. The minimum atomic E-state index is -0.527. The second-order valence-electron chi connectivity index (χ2n) is 3.68. The van der Waals surface area contributed by atoms with Gasteiger partial charge >= 0.3 is 0 Å². The highest BCUT2D eigenvalue weighted by Gasteiger charge is 2.40. The summed E-state index contributed by atoms with van der Waals surface area (Å²) in [5, 5.41) is 19.3. The van der Waals surface area contributed by atoms with Gasteiger partial charge in [0.05, 0.1) is 5.60 Å². The average molecular weight is 199 g/mol. The number of benzene rings is 1. The molecule has 3 heteroatoms. The van der Waals surface area contributed by atoms with Crippen LogP contribution < -0.4 is 0 Å². The highest BCUT2D eigenvalue weighted by atomic mass is 35.5. The third-order valence-corrected chi connectivity index (χ3v) is 2.74. The summed E-state index contributed by atoms with van der Waals surface area (Å²) in [4.78, 5) is 0. The van der Waals surface area contributed by atoms with Gasteiger partial charge in [-0.1, -0.05) is 17.7 Å². The van der Waals surface area contributed by atoms with Crippen LogP contribution in [-0.4, -0.2) is 15.8 Å². The first-order valence-corrected chi connectivity index (χ1v) is 4.67. The Morgan fingerprint density at radius 3 is 2.62 bits per heavy atom. The lowest BCUT2D eigenvalue weighted by Gasteiger charge is -2.09. The molecule has 0 aromatic heterocycles. The summed E-state index contributed by atoms with van der Waals surface area (Å²) in [5.74, 6) is 0.163. The molecule has 1 aliphatic carbocycles. The van der Waals surface area contributed by atoms with Crippen LogP contribution in [0.15, 0.2) is 18.2 Å². The molecular weight excluding hydrogens is 188 g/mol. The van der Waals surface area contributed by atoms with Crippen LogP contribution in [-0.2, 0) is 6.42 Å². The predicted octanol–water partition coefficient (Wildman–Crippen LogP) is 2.11. The normalized spacial score (nSPS) is 18.6. The Kier molecular flexibility index (Phi) is 1.97. The molecule has 70 valence electrons. The van der Waals surface area contributed by atoms with Gasteiger partial charge in [0.2, 0.25) is 0 Å². The Balaban J connectivity index is 2.20. The van der Waals surface area contributed by atoms with E-state index in [-0.39, 0.29) is 5.75 Å². The third-order valence-electron chi connectivity index (χ3n) is 2.38. The van der Waals surface area contributed by atoms with Crippen molar-refractivity contribution in [3.8, 4) is 5.75 Å². The smallest absolute Gasteiger partial charge is 0.117 e. The van der Waals surface area contributed by atoms with Gasteiger partial charge in [-0.3, -0.25) is 0 Å². The fourth-order valence-electron chi connectivity index (χ4n) is 1.36. The average Bonchev–Trinajstić information content (AvgIpc) is 2.75. The van der Waals surface area contributed by atoms with Crippen molar-refractivity contribution in [1.29, 1.82) is 0 Å². The third kappa shape index (κ3) is 1.95. The van der Waals surface area contributed by atoms with Gasteiger partial charge in [0, 0.05) is 11.4 Å². The zero-order valence-electron chi connectivity index (χ0n) is 7.13. The molecule has 1 fully saturated rings. The summed E-state index contributed by atoms with van der Waals surface area (Å²) in [6.45, 7) is 0. The van der Waals surface area contributed by atoms with Crippen molar-refractivity contribution >= 4 is 11.6 Å². The molecular formula is C10H11ClO2. The van der Waals surface area contributed by atoms with E-state index < -0.39 is 5.60 Å². The molecule has 13 heavy (non-hydrogen) atoms. The van der Waals surface area contributed by atoms with Crippen LogP contribution in [0.3, 0.4) is 0 Å². The first kappa shape index (κ1) is 8.85. The second kappa shape index (κ2) is 2.89. The van der Waals surface area contributed by atoms with Crippen molar-refractivity contribution in [2.24, 2.45) is 0 Å². The molecule has 2 rings (SSSR count). The number of phenolic OH excluding ortho intramolecular Hbond substituents is 1. The summed E-state index contributed by atoms with van der Waals surface area (Å²) in [6.07, 6.45) is 2.29. The minimum absolute atomic E-state index is 0.163. The van der Waals surface area contributed by atoms with Crippen LogP contribution in [0.2, 0.25) is 5.02 Å². The van der Waals surface area contributed by atoms with Gasteiger partial charge in [-0.25, -0.2) is 0 Å². The Morgan fingerprint density at radius 2 is 2.08 bits per heavy atom. The van der Waals surface area contributed by atoms with Crippen LogP contribution in [0.5, 0.6) is 5.75 Å². The number of aliphatic hydroxyl groups is 1. The molecule has 0 spiro atoms. The highest BCUT2D eigenvalue weighted by Crippen LogP contribution is 2.39. The van der Waals surface area contributed by atoms with E-state index in [4.69, 9.17) is 16.7 Å². The van der Waals surface area contributed by atoms with E-state index in [0.29, 0.717) is 11.4 Å². The van der Waals surface area contributed by atoms with Gasteiger partial charge in [0.15, 0.2) is 0 Å². The summed E-state index contributed by atoms with van der Waals surface area (Å²) in [7, 11) is 0. The first-order valence-electron chi connectivity index (χ1n) is 4.29. The summed E-state index contributed by atoms with van der Waals surface area (Å²) < 4.78 is 0. The van der Waals surface area contributed by atoms with E-state index in [1.165, 1.54) is 6.07 Å². The molecule has 2 nitrogen and oxygen atoms in total. The van der Waals surface area contributed by atoms with Gasteiger partial charge < -0.3 is 10.2 Å². The van der Waals surface area contributed by atoms with E-state index in [9.17, 15) is 5.11 Å². The number of hydrogen-bond acceptors (Lipinski definition) is 2. The summed E-state index contributed by atoms with van der Waals surface area (Å²) >= 11 is 5.89. The van der Waals surface area contributed by atoms with Crippen LogP contribution in [0.1, 0.15) is 18.4 Å². The quantitative estimate of drug-likeness (QED) is 0.764. The number of aromatic hydroxyl groups is 1. The SMILES string of the molecule is Oc1ccc(CC2(O)CC2)c(Cl)c1. The highest BCUT2D eigenvalue weighted by molar-refractivity contribution is 6.31. The second-order valence-corrected chi connectivity index (χ2v) is 4.08. The van der Waals surface area contributed by atoms with Crippen molar-refractivity contribution in [3.05, 3.63) is 28.8 Å². The molecule has 0 heterocycles. The zero-order chi connectivity index (χ0) is 9.47. The molecule has 0 radical (unpaired) electrons. The molecule has 1 aromatic rings. The summed E-state index contributed by atoms with van der Waals surface area (Å²) in [5.41, 5.74) is 0.375. The van der Waals surface area contributed by atoms with Crippen molar-refractivity contribution in [1.82, 2.24) is 0 Å². The summed E-state index contributed by atoms with van der Waals surface area (Å²) in [6, 6.07) is 4.85. The molecule has 2 N–H and O–H groups in total. The Morgan fingerprint density at radius 1 is 1.38 bits per heavy atom. The molecule has 0 unspecified atom stereocenters. The topological polar surface area (TPSA) is 40.5 Å². The van der Waals surface area contributed by atoms with Gasteiger partial charge in [0.25, 0.3) is 0 Å². The Bertz CT molecular complexity index is 332. The van der Waals surface area contributed by atoms with Crippen LogP contribution in [0.25, 0.3) is 0 Å². The largest absolute Gasteiger partial charge is 0.508 e. The number of phenols is 1. The fourth-order valence-corrected chi connectivity index (χ4v) is 1.60. The Hall–Kier alpha value is -0.730. The van der Waals surface area contributed by atoms with E-state index in [2.05, 4.69) is 0 Å². The fraction of sp³-hybridized carbons (Fsp3) is 0.400. The minimum Gasteiger partial charge on any atom is -0.508 e. The molecule has 0 saturated heterocycles. The maximum Gasteiger partial charge on any atom is 0.117 e. The monoisotopic (exact) mass is 198 g/mol. The van der Waals surface area contributed by atoms with Gasteiger partial charge in [-0.15, -0.1) is 0 Å². The lowest BCUT2D eigenvalue weighted by molar-refractivity contribution is 0.151. The first-order chi connectivity index (χ1) is 6.09. The van der Waals surface area contributed by atoms with Crippen LogP contribution >= 0.6 is 11.6 Å². The van der Waals surface area contributed by atoms with Gasteiger partial charge in [0.1, 0.15) is 5.75 Å². The maximum atomic E-state index is 9.65.